The van der Waals surface area contributed by atoms with E-state index in [1.165, 1.54) is 63.5 Å². The third-order valence-electron chi connectivity index (χ3n) is 9.75. The maximum atomic E-state index is 4.67. The van der Waals surface area contributed by atoms with Crippen molar-refractivity contribution >= 4 is 49.2 Å². The first-order valence-corrected chi connectivity index (χ1v) is 26.5. The topological polar surface area (TPSA) is 25.8 Å². The van der Waals surface area contributed by atoms with Crippen LogP contribution in [0.2, 0.25) is 17.3 Å². The van der Waals surface area contributed by atoms with E-state index in [9.17, 15) is 0 Å². The van der Waals surface area contributed by atoms with Gasteiger partial charge in [0, 0.05) is 31.0 Å². The summed E-state index contributed by atoms with van der Waals surface area (Å²) in [6.07, 6.45) is 3.94. The number of hydrogen-bond acceptors (Lipinski definition) is 3. The van der Waals surface area contributed by atoms with Crippen LogP contribution in [0.1, 0.15) is 5.56 Å². The molecule has 0 aliphatic heterocycles. The molecule has 271 valence electrons. The van der Waals surface area contributed by atoms with E-state index in [4.69, 9.17) is 0 Å². The van der Waals surface area contributed by atoms with Crippen molar-refractivity contribution in [3.63, 3.8) is 0 Å². The molecule has 3 aromatic heterocycles. The van der Waals surface area contributed by atoms with Crippen molar-refractivity contribution in [3.05, 3.63) is 188 Å². The van der Waals surface area contributed by atoms with Crippen molar-refractivity contribution in [2.24, 2.45) is 0 Å². The molecule has 2 nitrogen and oxygen atoms in total. The summed E-state index contributed by atoms with van der Waals surface area (Å²) in [6, 6.07) is 62.2. The molecule has 0 atom stereocenters. The smallest absolute Gasteiger partial charge is 0 e. The predicted octanol–water partition coefficient (Wildman–Crippen LogP) is 13.3. The number of rotatable bonds is 6. The number of fused-ring (bicyclic) bond motifs is 3. The van der Waals surface area contributed by atoms with E-state index in [1.54, 1.807) is 0 Å². The van der Waals surface area contributed by atoms with Crippen molar-refractivity contribution in [1.82, 2.24) is 9.97 Å². The van der Waals surface area contributed by atoms with Crippen LogP contribution in [0.15, 0.2) is 170 Å². The Balaban J connectivity index is 0.000000178. The summed E-state index contributed by atoms with van der Waals surface area (Å²) in [5.41, 5.74) is 12.6. The molecule has 0 fully saturated rings. The van der Waals surface area contributed by atoms with Gasteiger partial charge in [-0.25, -0.2) is 0 Å². The standard InChI is InChI=1S/C30H20NS.C20H20GeN.Ir/c1-20-16-25(22-10-6-3-7-11-22)19-29-30(20)26-13-12-24(18-28(26)32-29)27-17-23(14-15-31-27)21-8-4-2-5-9-21;1-21(2,3)19-12-13-20(22-15-19)18-11-7-10-17(14-18)16-8-5-4-6-9-16;/h2-17,19H,1H3;4-10,12-15H,1-3H3;/q2*-1;. The van der Waals surface area contributed by atoms with Gasteiger partial charge >= 0.3 is 135 Å². The van der Waals surface area contributed by atoms with E-state index in [-0.39, 0.29) is 20.1 Å². The van der Waals surface area contributed by atoms with Gasteiger partial charge in [-0.2, -0.15) is 11.3 Å². The minimum atomic E-state index is -1.79. The van der Waals surface area contributed by atoms with Crippen LogP contribution < -0.4 is 4.40 Å². The third kappa shape index (κ3) is 8.64. The molecule has 6 aromatic carbocycles. The van der Waals surface area contributed by atoms with Crippen LogP contribution in [0.3, 0.4) is 0 Å². The average Bonchev–Trinajstić information content (AvgIpc) is 3.60. The van der Waals surface area contributed by atoms with Gasteiger partial charge in [0.05, 0.1) is 0 Å². The van der Waals surface area contributed by atoms with Crippen LogP contribution in [0.25, 0.3) is 76.1 Å². The quantitative estimate of drug-likeness (QED) is 0.123. The molecule has 0 saturated heterocycles. The van der Waals surface area contributed by atoms with Gasteiger partial charge in [0.15, 0.2) is 0 Å². The molecular weight excluding hydrogens is 925 g/mol. The summed E-state index contributed by atoms with van der Waals surface area (Å²) < 4.78 is 3.92. The number of nitrogens with zero attached hydrogens (tertiary/aromatic N) is 2. The molecule has 0 aliphatic rings. The minimum absolute atomic E-state index is 0. The molecule has 0 N–H and O–H groups in total. The van der Waals surface area contributed by atoms with E-state index < -0.39 is 13.3 Å². The van der Waals surface area contributed by atoms with Gasteiger partial charge in [0.25, 0.3) is 0 Å². The van der Waals surface area contributed by atoms with Gasteiger partial charge in [-0.05, 0) is 57.1 Å². The molecule has 0 unspecified atom stereocenters. The summed E-state index contributed by atoms with van der Waals surface area (Å²) in [7, 11) is 0. The maximum absolute atomic E-state index is 4.67. The summed E-state index contributed by atoms with van der Waals surface area (Å²) in [4.78, 5) is 9.31. The fourth-order valence-corrected chi connectivity index (χ4v) is 10.2. The van der Waals surface area contributed by atoms with E-state index in [1.807, 2.05) is 35.7 Å². The first kappa shape index (κ1) is 38.3. The van der Waals surface area contributed by atoms with Crippen molar-refractivity contribution in [1.29, 1.82) is 0 Å². The molecule has 0 aliphatic carbocycles. The Kier molecular flexibility index (Phi) is 11.7. The Hall–Kier alpha value is -4.97. The number of pyridine rings is 2. The maximum Gasteiger partial charge on any atom is 0 e. The summed E-state index contributed by atoms with van der Waals surface area (Å²) in [6.45, 7) is 2.21. The average molecular weight is 966 g/mol. The molecule has 9 aromatic rings. The van der Waals surface area contributed by atoms with E-state index >= 15 is 0 Å². The van der Waals surface area contributed by atoms with Gasteiger partial charge in [0.1, 0.15) is 0 Å². The van der Waals surface area contributed by atoms with Crippen molar-refractivity contribution in [3.8, 4) is 55.9 Å². The van der Waals surface area contributed by atoms with Crippen LogP contribution in [-0.2, 0) is 20.1 Å². The summed E-state index contributed by atoms with van der Waals surface area (Å²) in [5.74, 6) is 7.16. The summed E-state index contributed by atoms with van der Waals surface area (Å²) in [5, 5.41) is 2.60. The normalized spacial score (nSPS) is 11.1. The number of benzene rings is 6. The van der Waals surface area contributed by atoms with Crippen LogP contribution in [0, 0.1) is 19.1 Å². The van der Waals surface area contributed by atoms with E-state index in [0.717, 1.165) is 22.5 Å². The molecular formula is C50H40GeIrN2S-2. The second-order valence-electron chi connectivity index (χ2n) is 14.6. The van der Waals surface area contributed by atoms with Gasteiger partial charge in [0.2, 0.25) is 0 Å². The van der Waals surface area contributed by atoms with E-state index in [2.05, 4.69) is 192 Å². The Labute approximate surface area is 344 Å². The molecule has 9 rings (SSSR count). The number of thiophene rings is 1. The molecule has 1 radical (unpaired) electrons. The second-order valence-corrected chi connectivity index (χ2v) is 26.3. The largest absolute Gasteiger partial charge is 0 e. The molecule has 0 bridgehead atoms. The zero-order chi connectivity index (χ0) is 37.1. The molecule has 3 heterocycles. The molecule has 0 amide bonds. The van der Waals surface area contributed by atoms with E-state index in [0.29, 0.717) is 0 Å². The molecule has 0 spiro atoms. The Morgan fingerprint density at radius 1 is 0.545 bits per heavy atom. The Morgan fingerprint density at radius 3 is 1.80 bits per heavy atom. The summed E-state index contributed by atoms with van der Waals surface area (Å²) >= 11 is 0.0204. The first-order valence-electron chi connectivity index (χ1n) is 18.3. The van der Waals surface area contributed by atoms with Crippen LogP contribution >= 0.6 is 11.3 Å². The zero-order valence-corrected chi connectivity index (χ0v) is 36.6. The zero-order valence-electron chi connectivity index (χ0n) is 31.3. The number of aromatic nitrogens is 2. The number of aryl methyl sites for hydroxylation is 1. The van der Waals surface area contributed by atoms with Gasteiger partial charge < -0.3 is 4.98 Å². The van der Waals surface area contributed by atoms with Gasteiger partial charge in [-0.1, -0.05) is 83.7 Å². The van der Waals surface area contributed by atoms with Crippen molar-refractivity contribution in [2.75, 3.05) is 0 Å². The Morgan fingerprint density at radius 2 is 1.18 bits per heavy atom. The molecule has 5 heteroatoms. The fourth-order valence-electron chi connectivity index (χ4n) is 6.80. The molecule has 55 heavy (non-hydrogen) atoms. The fraction of sp³-hybridized carbons (Fsp3) is 0.0800. The first-order chi connectivity index (χ1) is 26.3. The van der Waals surface area contributed by atoms with Crippen molar-refractivity contribution in [2.45, 2.75) is 24.2 Å². The predicted molar refractivity (Wildman–Crippen MR) is 234 cm³/mol. The van der Waals surface area contributed by atoms with Crippen molar-refractivity contribution < 1.29 is 20.1 Å². The molecule has 0 saturated carbocycles. The van der Waals surface area contributed by atoms with Crippen LogP contribution in [-0.4, -0.2) is 23.2 Å². The van der Waals surface area contributed by atoms with Crippen LogP contribution in [0.5, 0.6) is 0 Å². The third-order valence-corrected chi connectivity index (χ3v) is 15.1. The monoisotopic (exact) mass is 967 g/mol. The SMILES string of the molecule is Cc1cc(-c2ccccc2)cc2sc3[c-]c(-c4cc(-c5ccccc5)ccn4)ccc3c12.[CH3][Ge]([CH3])([CH3])[c]1ccc(-c2[c-]ccc(-c3ccccc3)c2)nc1.[Ir]. The van der Waals surface area contributed by atoms with Crippen LogP contribution in [0.4, 0.5) is 0 Å². The number of hydrogen-bond donors (Lipinski definition) is 0. The minimum Gasteiger partial charge on any atom is 0 e. The van der Waals surface area contributed by atoms with Gasteiger partial charge in [-0.3, -0.25) is 0 Å². The van der Waals surface area contributed by atoms with Gasteiger partial charge in [-0.15, -0.1) is 23.8 Å². The Bertz CT molecular complexity index is 2690. The second kappa shape index (κ2) is 16.8.